The molecule has 0 aliphatic heterocycles. The molecule has 1 amide bonds. The standard InChI is InChI=1S/C14H11BrN2O2S/c15-11-4-2-1-3-10(11)12-7-5-9(19-12)6-8-13(18)17-14(16)20/h1-8H,(H3,16,17,18,20)/b8-6+. The lowest BCUT2D eigenvalue weighted by Gasteiger charge is -1.99. The summed E-state index contributed by atoms with van der Waals surface area (Å²) in [4.78, 5) is 11.3. The minimum absolute atomic E-state index is 0.0620. The summed E-state index contributed by atoms with van der Waals surface area (Å²) >= 11 is 8.03. The number of carbonyl (C=O) groups is 1. The number of rotatable bonds is 3. The number of furan rings is 1. The number of thiocarbonyl (C=S) groups is 1. The van der Waals surface area contributed by atoms with Crippen molar-refractivity contribution in [3.05, 3.63) is 52.7 Å². The number of nitrogens with one attached hydrogen (secondary N) is 1. The average molecular weight is 351 g/mol. The van der Waals surface area contributed by atoms with Gasteiger partial charge in [-0.05, 0) is 36.5 Å². The first-order valence-corrected chi connectivity index (χ1v) is 6.89. The fraction of sp³-hybridized carbons (Fsp3) is 0. The van der Waals surface area contributed by atoms with Crippen molar-refractivity contribution in [1.82, 2.24) is 5.32 Å². The van der Waals surface area contributed by atoms with Gasteiger partial charge in [0.25, 0.3) is 0 Å². The Bertz CT molecular complexity index is 679. The summed E-state index contributed by atoms with van der Waals surface area (Å²) in [6.45, 7) is 0. The van der Waals surface area contributed by atoms with Gasteiger partial charge >= 0.3 is 0 Å². The van der Waals surface area contributed by atoms with Crippen LogP contribution in [0.4, 0.5) is 0 Å². The zero-order valence-electron chi connectivity index (χ0n) is 10.3. The normalized spacial score (nSPS) is 10.7. The van der Waals surface area contributed by atoms with E-state index in [1.807, 2.05) is 30.3 Å². The summed E-state index contributed by atoms with van der Waals surface area (Å²) in [6, 6.07) is 11.3. The first-order chi connectivity index (χ1) is 9.56. The van der Waals surface area contributed by atoms with Crippen LogP contribution >= 0.6 is 28.1 Å². The van der Waals surface area contributed by atoms with Crippen LogP contribution in [0.1, 0.15) is 5.76 Å². The van der Waals surface area contributed by atoms with Crippen LogP contribution < -0.4 is 11.1 Å². The number of amides is 1. The minimum atomic E-state index is -0.392. The van der Waals surface area contributed by atoms with Crippen molar-refractivity contribution in [3.8, 4) is 11.3 Å². The maximum atomic E-state index is 11.3. The molecule has 4 nitrogen and oxygen atoms in total. The Hall–Kier alpha value is -1.92. The largest absolute Gasteiger partial charge is 0.457 e. The first-order valence-electron chi connectivity index (χ1n) is 5.69. The number of benzene rings is 1. The van der Waals surface area contributed by atoms with Gasteiger partial charge in [0.1, 0.15) is 11.5 Å². The molecule has 1 aromatic heterocycles. The lowest BCUT2D eigenvalue weighted by molar-refractivity contribution is -0.115. The molecule has 102 valence electrons. The molecule has 0 bridgehead atoms. The monoisotopic (exact) mass is 350 g/mol. The summed E-state index contributed by atoms with van der Waals surface area (Å²) in [5, 5.41) is 2.23. The Morgan fingerprint density at radius 2 is 2.05 bits per heavy atom. The molecule has 0 atom stereocenters. The molecule has 1 aromatic carbocycles. The Balaban J connectivity index is 2.14. The summed E-state index contributed by atoms with van der Waals surface area (Å²) in [5.74, 6) is 0.886. The third kappa shape index (κ3) is 3.79. The molecule has 0 fully saturated rings. The number of carbonyl (C=O) groups excluding carboxylic acids is 1. The lowest BCUT2D eigenvalue weighted by Crippen LogP contribution is -2.33. The van der Waals surface area contributed by atoms with Gasteiger partial charge in [0.05, 0.1) is 0 Å². The molecule has 3 N–H and O–H groups in total. The van der Waals surface area contributed by atoms with E-state index in [1.165, 1.54) is 6.08 Å². The zero-order chi connectivity index (χ0) is 14.5. The van der Waals surface area contributed by atoms with Gasteiger partial charge in [-0.15, -0.1) is 0 Å². The highest BCUT2D eigenvalue weighted by molar-refractivity contribution is 9.10. The van der Waals surface area contributed by atoms with Gasteiger partial charge in [-0.2, -0.15) is 0 Å². The highest BCUT2D eigenvalue weighted by Gasteiger charge is 2.06. The molecule has 6 heteroatoms. The van der Waals surface area contributed by atoms with Crippen LogP contribution in [0, 0.1) is 0 Å². The Morgan fingerprint density at radius 3 is 2.75 bits per heavy atom. The van der Waals surface area contributed by atoms with Crippen LogP contribution in [0.25, 0.3) is 17.4 Å². The smallest absolute Gasteiger partial charge is 0.250 e. The van der Waals surface area contributed by atoms with Crippen molar-refractivity contribution in [3.63, 3.8) is 0 Å². The van der Waals surface area contributed by atoms with E-state index >= 15 is 0 Å². The van der Waals surface area contributed by atoms with Crippen LogP contribution in [-0.2, 0) is 4.79 Å². The summed E-state index contributed by atoms with van der Waals surface area (Å²) in [7, 11) is 0. The van der Waals surface area contributed by atoms with E-state index in [1.54, 1.807) is 12.1 Å². The first kappa shape index (κ1) is 14.5. The molecule has 1 heterocycles. The Morgan fingerprint density at radius 1 is 1.30 bits per heavy atom. The zero-order valence-corrected chi connectivity index (χ0v) is 12.7. The second-order valence-electron chi connectivity index (χ2n) is 3.87. The number of nitrogens with two attached hydrogens (primary N) is 1. The lowest BCUT2D eigenvalue weighted by atomic mass is 10.2. The van der Waals surface area contributed by atoms with Gasteiger partial charge in [0.15, 0.2) is 5.11 Å². The predicted molar refractivity (Wildman–Crippen MR) is 85.8 cm³/mol. The van der Waals surface area contributed by atoms with Gasteiger partial charge in [-0.1, -0.05) is 34.1 Å². The Kier molecular flexibility index (Phi) is 4.70. The van der Waals surface area contributed by atoms with Crippen molar-refractivity contribution in [2.24, 2.45) is 5.73 Å². The van der Waals surface area contributed by atoms with E-state index in [4.69, 9.17) is 10.2 Å². The number of hydrogen-bond donors (Lipinski definition) is 2. The molecule has 2 rings (SSSR count). The highest BCUT2D eigenvalue weighted by Crippen LogP contribution is 2.29. The Labute approximate surface area is 129 Å². The van der Waals surface area contributed by atoms with Crippen molar-refractivity contribution in [2.75, 3.05) is 0 Å². The average Bonchev–Trinajstić information content (AvgIpc) is 2.85. The van der Waals surface area contributed by atoms with Crippen LogP contribution in [-0.4, -0.2) is 11.0 Å². The molecule has 0 radical (unpaired) electrons. The third-order valence-corrected chi connectivity index (χ3v) is 3.21. The molecular weight excluding hydrogens is 340 g/mol. The highest BCUT2D eigenvalue weighted by atomic mass is 79.9. The van der Waals surface area contributed by atoms with Gasteiger partial charge in [0, 0.05) is 16.1 Å². The number of halogens is 1. The minimum Gasteiger partial charge on any atom is -0.457 e. The SMILES string of the molecule is NC(=S)NC(=O)/C=C/c1ccc(-c2ccccc2Br)o1. The van der Waals surface area contributed by atoms with Gasteiger partial charge in [-0.3, -0.25) is 10.1 Å². The molecule has 0 saturated carbocycles. The molecular formula is C14H11BrN2O2S. The fourth-order valence-electron chi connectivity index (χ4n) is 1.57. The third-order valence-electron chi connectivity index (χ3n) is 2.41. The van der Waals surface area contributed by atoms with Crippen molar-refractivity contribution in [1.29, 1.82) is 0 Å². The molecule has 0 unspecified atom stereocenters. The topological polar surface area (TPSA) is 68.3 Å². The van der Waals surface area contributed by atoms with Crippen LogP contribution in [0.2, 0.25) is 0 Å². The molecule has 20 heavy (non-hydrogen) atoms. The van der Waals surface area contributed by atoms with E-state index in [0.717, 1.165) is 10.0 Å². The summed E-state index contributed by atoms with van der Waals surface area (Å²) in [5.41, 5.74) is 6.14. The van der Waals surface area contributed by atoms with E-state index in [-0.39, 0.29) is 5.11 Å². The van der Waals surface area contributed by atoms with E-state index in [9.17, 15) is 4.79 Å². The maximum absolute atomic E-state index is 11.3. The van der Waals surface area contributed by atoms with E-state index in [0.29, 0.717) is 11.5 Å². The van der Waals surface area contributed by atoms with Crippen LogP contribution in [0.15, 0.2) is 51.4 Å². The van der Waals surface area contributed by atoms with Gasteiger partial charge in [0.2, 0.25) is 5.91 Å². The predicted octanol–water partition coefficient (Wildman–Crippen LogP) is 3.08. The van der Waals surface area contributed by atoms with Gasteiger partial charge < -0.3 is 10.2 Å². The van der Waals surface area contributed by atoms with Crippen LogP contribution in [0.5, 0.6) is 0 Å². The molecule has 0 spiro atoms. The molecule has 0 aliphatic rings. The van der Waals surface area contributed by atoms with Crippen molar-refractivity contribution in [2.45, 2.75) is 0 Å². The van der Waals surface area contributed by atoms with Crippen LogP contribution in [0.3, 0.4) is 0 Å². The molecule has 2 aromatic rings. The molecule has 0 saturated heterocycles. The second-order valence-corrected chi connectivity index (χ2v) is 5.16. The van der Waals surface area contributed by atoms with Crippen molar-refractivity contribution >= 4 is 45.2 Å². The maximum Gasteiger partial charge on any atom is 0.250 e. The van der Waals surface area contributed by atoms with Crippen molar-refractivity contribution < 1.29 is 9.21 Å². The summed E-state index contributed by atoms with van der Waals surface area (Å²) in [6.07, 6.45) is 2.86. The van der Waals surface area contributed by atoms with Gasteiger partial charge in [-0.25, -0.2) is 0 Å². The molecule has 0 aliphatic carbocycles. The van der Waals surface area contributed by atoms with E-state index < -0.39 is 5.91 Å². The summed E-state index contributed by atoms with van der Waals surface area (Å²) < 4.78 is 6.59. The second kappa shape index (κ2) is 6.49. The quantitative estimate of drug-likeness (QED) is 0.659. The van der Waals surface area contributed by atoms with E-state index in [2.05, 4.69) is 33.5 Å². The number of hydrogen-bond acceptors (Lipinski definition) is 3. The fourth-order valence-corrected chi connectivity index (χ4v) is 2.15.